The molecule has 1 unspecified atom stereocenters. The minimum absolute atomic E-state index is 0.0368. The molecule has 4 nitrogen and oxygen atoms in total. The van der Waals surface area contributed by atoms with Crippen LogP contribution in [0.1, 0.15) is 30.9 Å². The predicted octanol–water partition coefficient (Wildman–Crippen LogP) is 2.14. The summed E-state index contributed by atoms with van der Waals surface area (Å²) in [5.74, 6) is -0.241. The SMILES string of the molecule is Cc1cc(F)ccc1CCNC(=O)NC(C)CCCO. The third kappa shape index (κ3) is 6.02. The molecule has 0 saturated heterocycles. The Balaban J connectivity index is 2.28. The summed E-state index contributed by atoms with van der Waals surface area (Å²) in [5.41, 5.74) is 1.92. The molecule has 5 heteroatoms. The molecular formula is C15H23FN2O2. The van der Waals surface area contributed by atoms with Crippen LogP contribution in [-0.2, 0) is 6.42 Å². The minimum Gasteiger partial charge on any atom is -0.396 e. The number of nitrogens with one attached hydrogen (secondary N) is 2. The zero-order chi connectivity index (χ0) is 15.0. The molecule has 0 radical (unpaired) electrons. The molecule has 0 heterocycles. The van der Waals surface area contributed by atoms with Gasteiger partial charge in [-0.1, -0.05) is 6.07 Å². The number of hydrogen-bond donors (Lipinski definition) is 3. The summed E-state index contributed by atoms with van der Waals surface area (Å²) in [7, 11) is 0. The minimum atomic E-state index is -0.241. The van der Waals surface area contributed by atoms with Crippen molar-refractivity contribution >= 4 is 6.03 Å². The van der Waals surface area contributed by atoms with Crippen LogP contribution in [0.3, 0.4) is 0 Å². The van der Waals surface area contributed by atoms with Crippen molar-refractivity contribution in [1.82, 2.24) is 10.6 Å². The summed E-state index contributed by atoms with van der Waals surface area (Å²) < 4.78 is 12.9. The second-order valence-corrected chi connectivity index (χ2v) is 4.99. The molecule has 0 aliphatic rings. The lowest BCUT2D eigenvalue weighted by Gasteiger charge is -2.14. The first-order valence-electron chi connectivity index (χ1n) is 6.93. The van der Waals surface area contributed by atoms with E-state index in [0.717, 1.165) is 17.5 Å². The number of hydrogen-bond acceptors (Lipinski definition) is 2. The average molecular weight is 282 g/mol. The van der Waals surface area contributed by atoms with Crippen molar-refractivity contribution in [3.05, 3.63) is 35.1 Å². The molecule has 0 aromatic heterocycles. The van der Waals surface area contributed by atoms with E-state index in [2.05, 4.69) is 10.6 Å². The van der Waals surface area contributed by atoms with Gasteiger partial charge in [-0.05, 0) is 56.4 Å². The zero-order valence-electron chi connectivity index (χ0n) is 12.1. The maximum Gasteiger partial charge on any atom is 0.315 e. The quantitative estimate of drug-likeness (QED) is 0.717. The smallest absolute Gasteiger partial charge is 0.315 e. The molecule has 0 aliphatic carbocycles. The normalized spacial score (nSPS) is 12.0. The molecule has 1 aromatic rings. The maximum absolute atomic E-state index is 12.9. The summed E-state index contributed by atoms with van der Waals surface area (Å²) in [6.45, 7) is 4.40. The molecule has 0 aliphatic heterocycles. The first kappa shape index (κ1) is 16.4. The number of rotatable bonds is 7. The molecule has 112 valence electrons. The first-order valence-corrected chi connectivity index (χ1v) is 6.93. The molecular weight excluding hydrogens is 259 g/mol. The average Bonchev–Trinajstić information content (AvgIpc) is 2.39. The lowest BCUT2D eigenvalue weighted by atomic mass is 10.1. The molecule has 0 saturated carbocycles. The van der Waals surface area contributed by atoms with Crippen molar-refractivity contribution in [2.75, 3.05) is 13.2 Å². The number of amides is 2. The summed E-state index contributed by atoms with van der Waals surface area (Å²) in [4.78, 5) is 11.6. The molecule has 0 fully saturated rings. The summed E-state index contributed by atoms with van der Waals surface area (Å²) >= 11 is 0. The van der Waals surface area contributed by atoms with Gasteiger partial charge in [-0.15, -0.1) is 0 Å². The largest absolute Gasteiger partial charge is 0.396 e. The predicted molar refractivity (Wildman–Crippen MR) is 77.2 cm³/mol. The van der Waals surface area contributed by atoms with Crippen LogP contribution in [0, 0.1) is 12.7 Å². The van der Waals surface area contributed by atoms with E-state index in [-0.39, 0.29) is 24.5 Å². The number of aliphatic hydroxyl groups is 1. The Kier molecular flexibility index (Phi) is 7.01. The van der Waals surface area contributed by atoms with Crippen LogP contribution in [0.25, 0.3) is 0 Å². The molecule has 20 heavy (non-hydrogen) atoms. The van der Waals surface area contributed by atoms with Crippen LogP contribution in [0.5, 0.6) is 0 Å². The van der Waals surface area contributed by atoms with Gasteiger partial charge < -0.3 is 15.7 Å². The van der Waals surface area contributed by atoms with Gasteiger partial charge in [0.05, 0.1) is 0 Å². The van der Waals surface area contributed by atoms with E-state index in [0.29, 0.717) is 19.4 Å². The molecule has 3 N–H and O–H groups in total. The van der Waals surface area contributed by atoms with E-state index >= 15 is 0 Å². The second-order valence-electron chi connectivity index (χ2n) is 4.99. The number of carbonyl (C=O) groups excluding carboxylic acids is 1. The highest BCUT2D eigenvalue weighted by molar-refractivity contribution is 5.74. The first-order chi connectivity index (χ1) is 9.52. The fourth-order valence-electron chi connectivity index (χ4n) is 1.99. The Bertz CT molecular complexity index is 438. The van der Waals surface area contributed by atoms with E-state index in [9.17, 15) is 9.18 Å². The number of aryl methyl sites for hydroxylation is 1. The number of aliphatic hydroxyl groups excluding tert-OH is 1. The topological polar surface area (TPSA) is 61.4 Å². The van der Waals surface area contributed by atoms with E-state index in [4.69, 9.17) is 5.11 Å². The fraction of sp³-hybridized carbons (Fsp3) is 0.533. The lowest BCUT2D eigenvalue weighted by molar-refractivity contribution is 0.234. The van der Waals surface area contributed by atoms with E-state index in [1.165, 1.54) is 12.1 Å². The van der Waals surface area contributed by atoms with E-state index in [1.807, 2.05) is 13.8 Å². The Morgan fingerprint density at radius 2 is 2.20 bits per heavy atom. The van der Waals surface area contributed by atoms with Crippen LogP contribution in [0.15, 0.2) is 18.2 Å². The molecule has 1 aromatic carbocycles. The van der Waals surface area contributed by atoms with Crippen molar-refractivity contribution in [2.24, 2.45) is 0 Å². The van der Waals surface area contributed by atoms with Crippen LogP contribution >= 0.6 is 0 Å². The third-order valence-corrected chi connectivity index (χ3v) is 3.16. The van der Waals surface area contributed by atoms with Crippen LogP contribution in [-0.4, -0.2) is 30.3 Å². The van der Waals surface area contributed by atoms with Crippen molar-refractivity contribution in [2.45, 2.75) is 39.2 Å². The Morgan fingerprint density at radius 3 is 2.85 bits per heavy atom. The Labute approximate surface area is 119 Å². The Hall–Kier alpha value is -1.62. The zero-order valence-corrected chi connectivity index (χ0v) is 12.1. The number of carbonyl (C=O) groups is 1. The summed E-state index contributed by atoms with van der Waals surface area (Å²) in [6.07, 6.45) is 2.10. The molecule has 2 amide bonds. The second kappa shape index (κ2) is 8.53. The van der Waals surface area contributed by atoms with Crippen LogP contribution < -0.4 is 10.6 Å². The third-order valence-electron chi connectivity index (χ3n) is 3.16. The summed E-state index contributed by atoms with van der Waals surface area (Å²) in [5, 5.41) is 14.3. The van der Waals surface area contributed by atoms with Crippen molar-refractivity contribution in [3.8, 4) is 0 Å². The monoisotopic (exact) mass is 282 g/mol. The number of halogens is 1. The van der Waals surface area contributed by atoms with Crippen molar-refractivity contribution in [1.29, 1.82) is 0 Å². The van der Waals surface area contributed by atoms with Gasteiger partial charge in [0.25, 0.3) is 0 Å². The van der Waals surface area contributed by atoms with E-state index < -0.39 is 0 Å². The summed E-state index contributed by atoms with van der Waals surface area (Å²) in [6, 6.07) is 4.49. The van der Waals surface area contributed by atoms with Gasteiger partial charge in [-0.3, -0.25) is 0 Å². The highest BCUT2D eigenvalue weighted by Crippen LogP contribution is 2.10. The highest BCUT2D eigenvalue weighted by Gasteiger charge is 2.06. The van der Waals surface area contributed by atoms with Crippen molar-refractivity contribution in [3.63, 3.8) is 0 Å². The number of urea groups is 1. The highest BCUT2D eigenvalue weighted by atomic mass is 19.1. The Morgan fingerprint density at radius 1 is 1.45 bits per heavy atom. The maximum atomic E-state index is 12.9. The lowest BCUT2D eigenvalue weighted by Crippen LogP contribution is -2.41. The molecule has 0 spiro atoms. The molecule has 1 rings (SSSR count). The van der Waals surface area contributed by atoms with Crippen molar-refractivity contribution < 1.29 is 14.3 Å². The fourth-order valence-corrected chi connectivity index (χ4v) is 1.99. The molecule has 0 bridgehead atoms. The van der Waals surface area contributed by atoms with Gasteiger partial charge in [0.15, 0.2) is 0 Å². The van der Waals surface area contributed by atoms with E-state index in [1.54, 1.807) is 6.07 Å². The van der Waals surface area contributed by atoms with Gasteiger partial charge >= 0.3 is 6.03 Å². The van der Waals surface area contributed by atoms with Gasteiger partial charge in [0, 0.05) is 19.2 Å². The van der Waals surface area contributed by atoms with Gasteiger partial charge in [0.2, 0.25) is 0 Å². The number of benzene rings is 1. The van der Waals surface area contributed by atoms with Gasteiger partial charge in [-0.2, -0.15) is 0 Å². The van der Waals surface area contributed by atoms with Crippen LogP contribution in [0.2, 0.25) is 0 Å². The standard InChI is InChI=1S/C15H23FN2O2/c1-11-10-14(16)6-5-13(11)7-8-17-15(20)18-12(2)4-3-9-19/h5-6,10,12,19H,3-4,7-9H2,1-2H3,(H2,17,18,20). The van der Waals surface area contributed by atoms with Crippen LogP contribution in [0.4, 0.5) is 9.18 Å². The van der Waals surface area contributed by atoms with Gasteiger partial charge in [-0.25, -0.2) is 9.18 Å². The molecule has 1 atom stereocenters. The van der Waals surface area contributed by atoms with Gasteiger partial charge in [0.1, 0.15) is 5.82 Å².